The maximum absolute atomic E-state index is 12.9. The van der Waals surface area contributed by atoms with Gasteiger partial charge in [0.2, 0.25) is 0 Å². The second-order valence-electron chi connectivity index (χ2n) is 8.16. The van der Waals surface area contributed by atoms with Gasteiger partial charge in [-0.15, -0.1) is 11.3 Å². The number of hydrogen-bond acceptors (Lipinski definition) is 4. The molecule has 0 saturated heterocycles. The van der Waals surface area contributed by atoms with Gasteiger partial charge in [-0.2, -0.15) is 0 Å². The van der Waals surface area contributed by atoms with Crippen LogP contribution < -0.4 is 10.2 Å². The third-order valence-electron chi connectivity index (χ3n) is 5.97. The van der Waals surface area contributed by atoms with Gasteiger partial charge in [-0.1, -0.05) is 30.5 Å². The molecule has 2 aliphatic rings. The number of nitrogens with zero attached hydrogens (tertiary/aromatic N) is 1. The Morgan fingerprint density at radius 3 is 2.77 bits per heavy atom. The number of esters is 1. The number of thiophene rings is 1. The molecular formula is C24H30N2O2S2. The van der Waals surface area contributed by atoms with Crippen molar-refractivity contribution >= 4 is 45.3 Å². The van der Waals surface area contributed by atoms with Crippen LogP contribution in [0.3, 0.4) is 0 Å². The molecule has 2 aromatic rings. The predicted molar refractivity (Wildman–Crippen MR) is 129 cm³/mol. The Morgan fingerprint density at radius 2 is 1.97 bits per heavy atom. The fraction of sp³-hybridized carbons (Fsp3) is 0.500. The molecule has 1 aromatic heterocycles. The third-order valence-corrected chi connectivity index (χ3v) is 7.50. The number of fused-ring (bicyclic) bond motifs is 2. The van der Waals surface area contributed by atoms with Crippen LogP contribution in [0.5, 0.6) is 0 Å². The Balaban J connectivity index is 1.65. The van der Waals surface area contributed by atoms with E-state index in [-0.39, 0.29) is 5.97 Å². The summed E-state index contributed by atoms with van der Waals surface area (Å²) in [5.41, 5.74) is 5.68. The van der Waals surface area contributed by atoms with Crippen molar-refractivity contribution in [3.05, 3.63) is 45.3 Å². The van der Waals surface area contributed by atoms with Crippen molar-refractivity contribution in [3.63, 3.8) is 0 Å². The molecule has 160 valence electrons. The first kappa shape index (κ1) is 21.3. The normalized spacial score (nSPS) is 16.1. The maximum Gasteiger partial charge on any atom is 0.341 e. The van der Waals surface area contributed by atoms with Crippen LogP contribution in [0.25, 0.3) is 0 Å². The Hall–Kier alpha value is -1.92. The van der Waals surface area contributed by atoms with Crippen LogP contribution in [-0.2, 0) is 24.0 Å². The Morgan fingerprint density at radius 1 is 1.17 bits per heavy atom. The lowest BCUT2D eigenvalue weighted by Crippen LogP contribution is -2.38. The van der Waals surface area contributed by atoms with Crippen molar-refractivity contribution in [2.75, 3.05) is 23.4 Å². The summed E-state index contributed by atoms with van der Waals surface area (Å²) in [5.74, 6) is -0.226. The van der Waals surface area contributed by atoms with E-state index >= 15 is 0 Å². The van der Waals surface area contributed by atoms with Crippen molar-refractivity contribution in [2.24, 2.45) is 0 Å². The number of nitrogens with one attached hydrogen (secondary N) is 1. The van der Waals surface area contributed by atoms with Crippen LogP contribution in [-0.4, -0.2) is 24.2 Å². The maximum atomic E-state index is 12.9. The van der Waals surface area contributed by atoms with E-state index in [9.17, 15) is 4.79 Å². The van der Waals surface area contributed by atoms with Gasteiger partial charge in [-0.25, -0.2) is 4.79 Å². The highest BCUT2D eigenvalue weighted by molar-refractivity contribution is 7.80. The van der Waals surface area contributed by atoms with Crippen molar-refractivity contribution < 1.29 is 9.53 Å². The van der Waals surface area contributed by atoms with E-state index < -0.39 is 0 Å². The summed E-state index contributed by atoms with van der Waals surface area (Å²) >= 11 is 7.53. The van der Waals surface area contributed by atoms with E-state index in [1.807, 2.05) is 6.92 Å². The van der Waals surface area contributed by atoms with Crippen molar-refractivity contribution in [3.8, 4) is 0 Å². The molecule has 0 bridgehead atoms. The van der Waals surface area contributed by atoms with E-state index in [2.05, 4.69) is 35.3 Å². The average molecular weight is 443 g/mol. The lowest BCUT2D eigenvalue weighted by atomic mass is 9.96. The van der Waals surface area contributed by atoms with Crippen LogP contribution in [0.15, 0.2) is 18.2 Å². The van der Waals surface area contributed by atoms with Gasteiger partial charge in [0.25, 0.3) is 0 Å². The van der Waals surface area contributed by atoms with Crippen LogP contribution in [0.4, 0.5) is 10.7 Å². The number of carbonyl (C=O) groups is 1. The summed E-state index contributed by atoms with van der Waals surface area (Å²) < 4.78 is 5.43. The number of hydrogen-bond donors (Lipinski definition) is 1. The van der Waals surface area contributed by atoms with E-state index in [0.717, 1.165) is 43.6 Å². The minimum atomic E-state index is -0.226. The predicted octanol–water partition coefficient (Wildman–Crippen LogP) is 6.04. The van der Waals surface area contributed by atoms with E-state index in [0.29, 0.717) is 17.3 Å². The second-order valence-corrected chi connectivity index (χ2v) is 9.65. The smallest absolute Gasteiger partial charge is 0.341 e. The molecule has 2 heterocycles. The van der Waals surface area contributed by atoms with Gasteiger partial charge in [0.1, 0.15) is 5.00 Å². The van der Waals surface area contributed by atoms with Gasteiger partial charge in [0.15, 0.2) is 5.11 Å². The molecular weight excluding hydrogens is 412 g/mol. The average Bonchev–Trinajstić information content (AvgIpc) is 3.03. The Bertz CT molecular complexity index is 951. The van der Waals surface area contributed by atoms with Gasteiger partial charge in [-0.3, -0.25) is 0 Å². The third kappa shape index (κ3) is 4.40. The van der Waals surface area contributed by atoms with Crippen LogP contribution >= 0.6 is 23.6 Å². The summed E-state index contributed by atoms with van der Waals surface area (Å²) in [4.78, 5) is 16.4. The molecule has 6 heteroatoms. The van der Waals surface area contributed by atoms with Crippen molar-refractivity contribution in [1.82, 2.24) is 0 Å². The molecule has 4 nitrogen and oxygen atoms in total. The molecule has 0 unspecified atom stereocenters. The van der Waals surface area contributed by atoms with Gasteiger partial charge in [0, 0.05) is 17.1 Å². The lowest BCUT2D eigenvalue weighted by Gasteiger charge is -2.32. The van der Waals surface area contributed by atoms with Gasteiger partial charge in [0.05, 0.1) is 12.2 Å². The molecule has 1 aromatic carbocycles. The molecule has 1 N–H and O–H groups in total. The highest BCUT2D eigenvalue weighted by atomic mass is 32.1. The van der Waals surface area contributed by atoms with Gasteiger partial charge >= 0.3 is 5.97 Å². The van der Waals surface area contributed by atoms with Crippen molar-refractivity contribution in [2.45, 2.75) is 65.2 Å². The molecule has 0 radical (unpaired) electrons. The topological polar surface area (TPSA) is 41.6 Å². The van der Waals surface area contributed by atoms with E-state index in [1.165, 1.54) is 46.5 Å². The zero-order valence-electron chi connectivity index (χ0n) is 17.9. The quantitative estimate of drug-likeness (QED) is 0.463. The number of rotatable bonds is 3. The molecule has 4 rings (SSSR count). The first-order chi connectivity index (χ1) is 14.6. The first-order valence-electron chi connectivity index (χ1n) is 11.1. The van der Waals surface area contributed by atoms with E-state index in [1.54, 1.807) is 11.3 Å². The number of ether oxygens (including phenoxy) is 1. The molecule has 0 spiro atoms. The monoisotopic (exact) mass is 442 g/mol. The fourth-order valence-electron chi connectivity index (χ4n) is 4.53. The summed E-state index contributed by atoms with van der Waals surface area (Å²) in [6.45, 7) is 5.26. The van der Waals surface area contributed by atoms with Crippen LogP contribution in [0.1, 0.15) is 71.0 Å². The standard InChI is InChI=1S/C24H30N2O2S2/c1-3-28-23(27)21-18-10-6-4-5-7-11-20(18)30-22(21)25-24(29)26-14-8-9-17-15-16(2)12-13-19(17)26/h12-13,15H,3-11,14H2,1-2H3,(H,25,29). The van der Waals surface area contributed by atoms with E-state index in [4.69, 9.17) is 17.0 Å². The zero-order valence-corrected chi connectivity index (χ0v) is 19.5. The Labute approximate surface area is 188 Å². The minimum absolute atomic E-state index is 0.226. The van der Waals surface area contributed by atoms with Crippen LogP contribution in [0.2, 0.25) is 0 Å². The highest BCUT2D eigenvalue weighted by Crippen LogP contribution is 2.38. The first-order valence-corrected chi connectivity index (χ1v) is 12.3. The largest absolute Gasteiger partial charge is 0.462 e. The van der Waals surface area contributed by atoms with Gasteiger partial charge < -0.3 is 15.0 Å². The minimum Gasteiger partial charge on any atom is -0.462 e. The number of thiocarbonyl (C=S) groups is 1. The molecule has 0 fully saturated rings. The summed E-state index contributed by atoms with van der Waals surface area (Å²) in [6.07, 6.45) is 8.92. The fourth-order valence-corrected chi connectivity index (χ4v) is 6.16. The zero-order chi connectivity index (χ0) is 21.1. The summed E-state index contributed by atoms with van der Waals surface area (Å²) in [7, 11) is 0. The van der Waals surface area contributed by atoms with Crippen LogP contribution in [0, 0.1) is 6.92 Å². The highest BCUT2D eigenvalue weighted by Gasteiger charge is 2.27. The molecule has 0 atom stereocenters. The summed E-state index contributed by atoms with van der Waals surface area (Å²) in [5, 5.41) is 4.97. The van der Waals surface area contributed by atoms with Crippen molar-refractivity contribution in [1.29, 1.82) is 0 Å². The molecule has 0 amide bonds. The SMILES string of the molecule is CCOC(=O)c1c(NC(=S)N2CCCc3cc(C)ccc32)sc2c1CCCCCC2. The summed E-state index contributed by atoms with van der Waals surface area (Å²) in [6, 6.07) is 6.56. The lowest BCUT2D eigenvalue weighted by molar-refractivity contribution is 0.0526. The number of anilines is 2. The second kappa shape index (κ2) is 9.48. The Kier molecular flexibility index (Phi) is 6.74. The molecule has 30 heavy (non-hydrogen) atoms. The van der Waals surface area contributed by atoms with Gasteiger partial charge in [-0.05, 0) is 81.8 Å². The molecule has 1 aliphatic heterocycles. The molecule has 0 saturated carbocycles. The number of aryl methyl sites for hydroxylation is 3. The number of carbonyl (C=O) groups excluding carboxylic acids is 1. The molecule has 1 aliphatic carbocycles. The number of benzene rings is 1.